The first kappa shape index (κ1) is 14.0. The lowest BCUT2D eigenvalue weighted by Gasteiger charge is -2.15. The summed E-state index contributed by atoms with van der Waals surface area (Å²) in [6.45, 7) is 5.98. The van der Waals surface area contributed by atoms with Crippen LogP contribution < -0.4 is 5.32 Å². The monoisotopic (exact) mass is 247 g/mol. The topological polar surface area (TPSA) is 66.4 Å². The summed E-state index contributed by atoms with van der Waals surface area (Å²) < 4.78 is 0. The predicted octanol–water partition coefficient (Wildman–Crippen LogP) is 2.70. The fourth-order valence-corrected chi connectivity index (χ4v) is 1.65. The van der Waals surface area contributed by atoms with Gasteiger partial charge in [-0.1, -0.05) is 32.0 Å². The zero-order valence-corrected chi connectivity index (χ0v) is 10.7. The summed E-state index contributed by atoms with van der Waals surface area (Å²) in [5.41, 5.74) is 2.75. The number of carbonyl (C=O) groups excluding carboxylic acids is 1. The number of benzene rings is 1. The highest BCUT2D eigenvalue weighted by Gasteiger charge is 2.10. The highest BCUT2D eigenvalue weighted by molar-refractivity contribution is 6.03. The number of anilines is 1. The van der Waals surface area contributed by atoms with Crippen molar-refractivity contribution in [1.29, 1.82) is 0 Å². The first-order valence-corrected chi connectivity index (χ1v) is 5.73. The summed E-state index contributed by atoms with van der Waals surface area (Å²) in [4.78, 5) is 21.9. The van der Waals surface area contributed by atoms with Crippen LogP contribution in [0.5, 0.6) is 0 Å². The van der Waals surface area contributed by atoms with Crippen molar-refractivity contribution in [3.63, 3.8) is 0 Å². The molecule has 0 spiro atoms. The maximum Gasteiger partial charge on any atom is 0.328 e. The summed E-state index contributed by atoms with van der Waals surface area (Å²) in [5.74, 6) is -1.30. The van der Waals surface area contributed by atoms with Gasteiger partial charge in [0.25, 0.3) is 0 Å². The minimum Gasteiger partial charge on any atom is -0.478 e. The molecule has 0 unspecified atom stereocenters. The average Bonchev–Trinajstić information content (AvgIpc) is 2.28. The molecular formula is C14H17NO3. The normalized spacial score (nSPS) is 10.9. The number of hydrogen-bond acceptors (Lipinski definition) is 2. The summed E-state index contributed by atoms with van der Waals surface area (Å²) in [6.07, 6.45) is 1.83. The van der Waals surface area contributed by atoms with Gasteiger partial charge in [0.15, 0.2) is 0 Å². The maximum atomic E-state index is 11.6. The van der Waals surface area contributed by atoms with E-state index in [2.05, 4.69) is 5.32 Å². The zero-order chi connectivity index (χ0) is 13.7. The average molecular weight is 247 g/mol. The van der Waals surface area contributed by atoms with Crippen molar-refractivity contribution in [2.24, 2.45) is 0 Å². The van der Waals surface area contributed by atoms with Crippen LogP contribution in [-0.2, 0) is 9.59 Å². The van der Waals surface area contributed by atoms with E-state index in [0.717, 1.165) is 29.0 Å². The van der Waals surface area contributed by atoms with Gasteiger partial charge in [-0.2, -0.15) is 0 Å². The van der Waals surface area contributed by atoms with Crippen LogP contribution in [0.2, 0.25) is 0 Å². The van der Waals surface area contributed by atoms with E-state index in [4.69, 9.17) is 5.11 Å². The lowest BCUT2D eigenvalue weighted by molar-refractivity contribution is -0.131. The summed E-state index contributed by atoms with van der Waals surface area (Å²) in [7, 11) is 0. The van der Waals surface area contributed by atoms with Crippen molar-refractivity contribution in [3.8, 4) is 0 Å². The van der Waals surface area contributed by atoms with Gasteiger partial charge in [-0.05, 0) is 24.0 Å². The first-order chi connectivity index (χ1) is 8.41. The molecule has 0 fully saturated rings. The Morgan fingerprint density at radius 3 is 2.50 bits per heavy atom. The third-order valence-corrected chi connectivity index (χ3v) is 2.55. The van der Waals surface area contributed by atoms with E-state index < -0.39 is 11.9 Å². The van der Waals surface area contributed by atoms with Crippen molar-refractivity contribution >= 4 is 17.6 Å². The number of aryl methyl sites for hydroxylation is 1. The predicted molar refractivity (Wildman–Crippen MR) is 70.7 cm³/mol. The van der Waals surface area contributed by atoms with Gasteiger partial charge < -0.3 is 10.4 Å². The van der Waals surface area contributed by atoms with Crippen LogP contribution in [0.3, 0.4) is 0 Å². The molecule has 96 valence electrons. The quantitative estimate of drug-likeness (QED) is 0.804. The third-order valence-electron chi connectivity index (χ3n) is 2.55. The minimum absolute atomic E-state index is 0.281. The van der Waals surface area contributed by atoms with Gasteiger partial charge in [-0.25, -0.2) is 4.79 Å². The molecule has 4 heteroatoms. The molecule has 0 saturated carbocycles. The van der Waals surface area contributed by atoms with Crippen LogP contribution in [-0.4, -0.2) is 17.0 Å². The second-order valence-electron chi connectivity index (χ2n) is 4.35. The molecule has 1 rings (SSSR count). The third kappa shape index (κ3) is 3.73. The van der Waals surface area contributed by atoms with E-state index in [0.29, 0.717) is 0 Å². The molecule has 0 saturated heterocycles. The molecule has 1 aromatic rings. The molecule has 1 aromatic carbocycles. The number of nitrogens with one attached hydrogen (secondary N) is 1. The van der Waals surface area contributed by atoms with Gasteiger partial charge in [0.05, 0.1) is 0 Å². The zero-order valence-electron chi connectivity index (χ0n) is 10.7. The molecule has 0 aliphatic heterocycles. The molecule has 0 aliphatic carbocycles. The number of aliphatic carboxylic acids is 1. The maximum absolute atomic E-state index is 11.6. The van der Waals surface area contributed by atoms with E-state index in [9.17, 15) is 9.59 Å². The van der Waals surface area contributed by atoms with Crippen LogP contribution in [0, 0.1) is 6.92 Å². The molecule has 4 nitrogen and oxygen atoms in total. The number of hydrogen-bond donors (Lipinski definition) is 2. The number of carboxylic acid groups (broad SMARTS) is 1. The van der Waals surface area contributed by atoms with Crippen molar-refractivity contribution in [1.82, 2.24) is 0 Å². The van der Waals surface area contributed by atoms with Crippen molar-refractivity contribution in [3.05, 3.63) is 41.5 Å². The van der Waals surface area contributed by atoms with E-state index in [-0.39, 0.29) is 5.92 Å². The minimum atomic E-state index is -1.14. The van der Waals surface area contributed by atoms with Crippen LogP contribution in [0.1, 0.15) is 30.9 Å². The van der Waals surface area contributed by atoms with Crippen LogP contribution >= 0.6 is 0 Å². The summed E-state index contributed by atoms with van der Waals surface area (Å²) >= 11 is 0. The Morgan fingerprint density at radius 1 is 1.28 bits per heavy atom. The number of carbonyl (C=O) groups is 2. The van der Waals surface area contributed by atoms with Gasteiger partial charge in [0.1, 0.15) is 0 Å². The fraction of sp³-hybridized carbons (Fsp3) is 0.286. The largest absolute Gasteiger partial charge is 0.478 e. The highest BCUT2D eigenvalue weighted by Crippen LogP contribution is 2.27. The number of para-hydroxylation sites is 1. The first-order valence-electron chi connectivity index (χ1n) is 5.73. The molecule has 0 aliphatic rings. The second-order valence-corrected chi connectivity index (χ2v) is 4.35. The van der Waals surface area contributed by atoms with Crippen LogP contribution in [0.15, 0.2) is 30.4 Å². The Balaban J connectivity index is 2.96. The number of amides is 1. The van der Waals surface area contributed by atoms with Crippen LogP contribution in [0.25, 0.3) is 0 Å². The molecule has 0 bridgehead atoms. The molecular weight excluding hydrogens is 230 g/mol. The van der Waals surface area contributed by atoms with Gasteiger partial charge in [0.2, 0.25) is 5.91 Å². The van der Waals surface area contributed by atoms with Crippen molar-refractivity contribution in [2.45, 2.75) is 26.7 Å². The Morgan fingerprint density at radius 2 is 1.94 bits per heavy atom. The molecule has 2 N–H and O–H groups in total. The Labute approximate surface area is 106 Å². The number of carboxylic acids is 1. The lowest BCUT2D eigenvalue weighted by atomic mass is 9.98. The fourth-order valence-electron chi connectivity index (χ4n) is 1.65. The molecule has 0 atom stereocenters. The smallest absolute Gasteiger partial charge is 0.328 e. The second kappa shape index (κ2) is 6.00. The Hall–Kier alpha value is -2.10. The van der Waals surface area contributed by atoms with Gasteiger partial charge in [0, 0.05) is 17.8 Å². The van der Waals surface area contributed by atoms with Crippen molar-refractivity contribution < 1.29 is 14.7 Å². The van der Waals surface area contributed by atoms with Gasteiger partial charge >= 0.3 is 5.97 Å². The SMILES string of the molecule is Cc1cccc(C(C)C)c1NC(=O)/C=C\C(=O)O. The van der Waals surface area contributed by atoms with E-state index >= 15 is 0 Å². The molecule has 18 heavy (non-hydrogen) atoms. The Bertz CT molecular complexity index is 490. The van der Waals surface area contributed by atoms with Gasteiger partial charge in [-0.3, -0.25) is 4.79 Å². The summed E-state index contributed by atoms with van der Waals surface area (Å²) in [5, 5.41) is 11.2. The van der Waals surface area contributed by atoms with E-state index in [1.165, 1.54) is 0 Å². The lowest BCUT2D eigenvalue weighted by Crippen LogP contribution is -2.12. The standard InChI is InChI=1S/C14H17NO3/c1-9(2)11-6-4-5-10(3)14(11)15-12(16)7-8-13(17)18/h4-9H,1-3H3,(H,15,16)(H,17,18)/b8-7-. The van der Waals surface area contributed by atoms with Crippen molar-refractivity contribution in [2.75, 3.05) is 5.32 Å². The molecule has 0 heterocycles. The Kier molecular flexibility index (Phi) is 4.66. The molecule has 0 radical (unpaired) electrons. The highest BCUT2D eigenvalue weighted by atomic mass is 16.4. The van der Waals surface area contributed by atoms with E-state index in [1.54, 1.807) is 0 Å². The molecule has 0 aromatic heterocycles. The van der Waals surface area contributed by atoms with E-state index in [1.807, 2.05) is 39.0 Å². The number of rotatable bonds is 4. The van der Waals surface area contributed by atoms with Gasteiger partial charge in [-0.15, -0.1) is 0 Å². The van der Waals surface area contributed by atoms with Crippen LogP contribution in [0.4, 0.5) is 5.69 Å². The summed E-state index contributed by atoms with van der Waals surface area (Å²) in [6, 6.07) is 5.80. The molecule has 1 amide bonds.